The van der Waals surface area contributed by atoms with Crippen LogP contribution in [0.2, 0.25) is 0 Å². The molecule has 0 aliphatic rings. The van der Waals surface area contributed by atoms with Gasteiger partial charge in [-0.05, 0) is 51.5 Å². The van der Waals surface area contributed by atoms with Gasteiger partial charge in [0.05, 0.1) is 0 Å². The van der Waals surface area contributed by atoms with Crippen molar-refractivity contribution < 1.29 is 4.79 Å². The summed E-state index contributed by atoms with van der Waals surface area (Å²) in [6, 6.07) is 3.55. The SMILES string of the molecule is CC(C)CCNC(=O)c1ccnc(NCCCN(C)C)c1. The summed E-state index contributed by atoms with van der Waals surface area (Å²) < 4.78 is 0. The molecule has 118 valence electrons. The van der Waals surface area contributed by atoms with E-state index in [1.54, 1.807) is 18.3 Å². The molecule has 0 bridgehead atoms. The van der Waals surface area contributed by atoms with Gasteiger partial charge in [-0.3, -0.25) is 4.79 Å². The van der Waals surface area contributed by atoms with Crippen molar-refractivity contribution in [3.63, 3.8) is 0 Å². The maximum Gasteiger partial charge on any atom is 0.251 e. The molecule has 0 saturated carbocycles. The lowest BCUT2D eigenvalue weighted by Crippen LogP contribution is -2.25. The Morgan fingerprint density at radius 2 is 2.10 bits per heavy atom. The van der Waals surface area contributed by atoms with Gasteiger partial charge in [-0.15, -0.1) is 0 Å². The molecule has 0 aliphatic carbocycles. The predicted molar refractivity (Wildman–Crippen MR) is 87.7 cm³/mol. The van der Waals surface area contributed by atoms with E-state index in [9.17, 15) is 4.79 Å². The Kier molecular flexibility index (Phi) is 7.75. The molecular weight excluding hydrogens is 264 g/mol. The molecule has 0 fully saturated rings. The first-order chi connectivity index (χ1) is 9.99. The first-order valence-corrected chi connectivity index (χ1v) is 7.62. The zero-order chi connectivity index (χ0) is 15.7. The summed E-state index contributed by atoms with van der Waals surface area (Å²) in [5.74, 6) is 1.32. The molecule has 21 heavy (non-hydrogen) atoms. The molecule has 5 heteroatoms. The molecule has 0 aromatic carbocycles. The van der Waals surface area contributed by atoms with Crippen LogP contribution in [0.5, 0.6) is 0 Å². The Morgan fingerprint density at radius 1 is 1.33 bits per heavy atom. The van der Waals surface area contributed by atoms with Gasteiger partial charge in [0.15, 0.2) is 0 Å². The van der Waals surface area contributed by atoms with Crippen LogP contribution in [0.3, 0.4) is 0 Å². The third-order valence-corrected chi connectivity index (χ3v) is 3.12. The first kappa shape index (κ1) is 17.4. The van der Waals surface area contributed by atoms with Crippen molar-refractivity contribution in [3.05, 3.63) is 23.9 Å². The fourth-order valence-electron chi connectivity index (χ4n) is 1.86. The second-order valence-electron chi connectivity index (χ2n) is 5.95. The van der Waals surface area contributed by atoms with Crippen LogP contribution in [0.1, 0.15) is 37.0 Å². The Morgan fingerprint density at radius 3 is 2.76 bits per heavy atom. The van der Waals surface area contributed by atoms with Crippen LogP contribution >= 0.6 is 0 Å². The molecule has 0 saturated heterocycles. The number of carbonyl (C=O) groups is 1. The van der Waals surface area contributed by atoms with Gasteiger partial charge < -0.3 is 15.5 Å². The largest absolute Gasteiger partial charge is 0.370 e. The summed E-state index contributed by atoms with van der Waals surface area (Å²) in [5.41, 5.74) is 0.656. The molecule has 2 N–H and O–H groups in total. The van der Waals surface area contributed by atoms with Gasteiger partial charge in [-0.25, -0.2) is 4.98 Å². The second kappa shape index (κ2) is 9.34. The average molecular weight is 292 g/mol. The average Bonchev–Trinajstić information content (AvgIpc) is 2.43. The van der Waals surface area contributed by atoms with Crippen LogP contribution in [0, 0.1) is 5.92 Å². The van der Waals surface area contributed by atoms with Crippen LogP contribution in [-0.2, 0) is 0 Å². The highest BCUT2D eigenvalue weighted by Gasteiger charge is 2.06. The van der Waals surface area contributed by atoms with E-state index >= 15 is 0 Å². The molecule has 0 aliphatic heterocycles. The number of hydrogen-bond acceptors (Lipinski definition) is 4. The third kappa shape index (κ3) is 7.66. The fraction of sp³-hybridized carbons (Fsp3) is 0.625. The summed E-state index contributed by atoms with van der Waals surface area (Å²) in [6.07, 6.45) is 3.71. The molecule has 1 aromatic heterocycles. The number of carbonyl (C=O) groups excluding carboxylic acids is 1. The summed E-state index contributed by atoms with van der Waals surface area (Å²) in [6.45, 7) is 6.89. The van der Waals surface area contributed by atoms with E-state index in [1.807, 2.05) is 0 Å². The molecular formula is C16H28N4O. The summed E-state index contributed by atoms with van der Waals surface area (Å²) in [7, 11) is 4.11. The van der Waals surface area contributed by atoms with E-state index in [0.717, 1.165) is 31.7 Å². The van der Waals surface area contributed by atoms with Crippen molar-refractivity contribution in [3.8, 4) is 0 Å². The topological polar surface area (TPSA) is 57.3 Å². The maximum atomic E-state index is 12.0. The van der Waals surface area contributed by atoms with Crippen LogP contribution < -0.4 is 10.6 Å². The molecule has 1 heterocycles. The van der Waals surface area contributed by atoms with Crippen molar-refractivity contribution in [1.82, 2.24) is 15.2 Å². The minimum Gasteiger partial charge on any atom is -0.370 e. The summed E-state index contributed by atoms with van der Waals surface area (Å²) in [5, 5.41) is 6.19. The number of nitrogens with zero attached hydrogens (tertiary/aromatic N) is 2. The Hall–Kier alpha value is -1.62. The number of anilines is 1. The van der Waals surface area contributed by atoms with Gasteiger partial charge >= 0.3 is 0 Å². The Balaban J connectivity index is 2.42. The van der Waals surface area contributed by atoms with E-state index < -0.39 is 0 Å². The predicted octanol–water partition coefficient (Wildman–Crippen LogP) is 2.22. The number of amides is 1. The van der Waals surface area contributed by atoms with Crippen LogP contribution in [0.4, 0.5) is 5.82 Å². The fourth-order valence-corrected chi connectivity index (χ4v) is 1.86. The summed E-state index contributed by atoms with van der Waals surface area (Å²) in [4.78, 5) is 18.4. The van der Waals surface area contributed by atoms with Gasteiger partial charge in [-0.2, -0.15) is 0 Å². The van der Waals surface area contributed by atoms with Gasteiger partial charge in [-0.1, -0.05) is 13.8 Å². The molecule has 1 aromatic rings. The lowest BCUT2D eigenvalue weighted by molar-refractivity contribution is 0.0952. The van der Waals surface area contributed by atoms with Gasteiger partial charge in [0, 0.05) is 24.8 Å². The molecule has 0 unspecified atom stereocenters. The van der Waals surface area contributed by atoms with E-state index in [2.05, 4.69) is 48.5 Å². The van der Waals surface area contributed by atoms with Crippen LogP contribution in [0.25, 0.3) is 0 Å². The Labute approximate surface area is 128 Å². The Bertz CT molecular complexity index is 432. The standard InChI is InChI=1S/C16H28N4O/c1-13(2)6-9-19-16(21)14-7-10-18-15(12-14)17-8-5-11-20(3)4/h7,10,12-13H,5-6,8-9,11H2,1-4H3,(H,17,18)(H,19,21). The zero-order valence-corrected chi connectivity index (χ0v) is 13.6. The van der Waals surface area contributed by atoms with Crippen molar-refractivity contribution >= 4 is 11.7 Å². The lowest BCUT2D eigenvalue weighted by Gasteiger charge is -2.11. The van der Waals surface area contributed by atoms with Crippen molar-refractivity contribution in [1.29, 1.82) is 0 Å². The third-order valence-electron chi connectivity index (χ3n) is 3.12. The highest BCUT2D eigenvalue weighted by atomic mass is 16.1. The lowest BCUT2D eigenvalue weighted by atomic mass is 10.1. The van der Waals surface area contributed by atoms with Crippen molar-refractivity contribution in [2.24, 2.45) is 5.92 Å². The number of pyridine rings is 1. The number of rotatable bonds is 9. The second-order valence-corrected chi connectivity index (χ2v) is 5.95. The number of aromatic nitrogens is 1. The molecule has 0 spiro atoms. The molecule has 0 radical (unpaired) electrons. The highest BCUT2D eigenvalue weighted by Crippen LogP contribution is 2.07. The van der Waals surface area contributed by atoms with Gasteiger partial charge in [0.1, 0.15) is 5.82 Å². The van der Waals surface area contributed by atoms with E-state index in [0.29, 0.717) is 18.0 Å². The van der Waals surface area contributed by atoms with Gasteiger partial charge in [0.25, 0.3) is 5.91 Å². The van der Waals surface area contributed by atoms with E-state index in [4.69, 9.17) is 0 Å². The number of nitrogens with one attached hydrogen (secondary N) is 2. The van der Waals surface area contributed by atoms with Gasteiger partial charge in [0.2, 0.25) is 0 Å². The monoisotopic (exact) mass is 292 g/mol. The summed E-state index contributed by atoms with van der Waals surface area (Å²) >= 11 is 0. The minimum absolute atomic E-state index is 0.0330. The minimum atomic E-state index is -0.0330. The highest BCUT2D eigenvalue weighted by molar-refractivity contribution is 5.94. The number of hydrogen-bond donors (Lipinski definition) is 2. The molecule has 0 atom stereocenters. The van der Waals surface area contributed by atoms with Crippen molar-refractivity contribution in [2.75, 3.05) is 39.0 Å². The first-order valence-electron chi connectivity index (χ1n) is 7.62. The molecule has 5 nitrogen and oxygen atoms in total. The van der Waals surface area contributed by atoms with E-state index in [-0.39, 0.29) is 5.91 Å². The van der Waals surface area contributed by atoms with E-state index in [1.165, 1.54) is 0 Å². The quantitative estimate of drug-likeness (QED) is 0.685. The molecule has 1 amide bonds. The van der Waals surface area contributed by atoms with Crippen molar-refractivity contribution in [2.45, 2.75) is 26.7 Å². The smallest absolute Gasteiger partial charge is 0.251 e. The zero-order valence-electron chi connectivity index (χ0n) is 13.6. The van der Waals surface area contributed by atoms with Crippen LogP contribution in [0.15, 0.2) is 18.3 Å². The molecule has 1 rings (SSSR count). The van der Waals surface area contributed by atoms with Crippen LogP contribution in [-0.4, -0.2) is 49.5 Å². The maximum absolute atomic E-state index is 12.0. The normalized spacial score (nSPS) is 11.0.